The monoisotopic (exact) mass is 316 g/mol. The quantitative estimate of drug-likeness (QED) is 0.773. The molecule has 112 valence electrons. The van der Waals surface area contributed by atoms with Crippen LogP contribution in [0.2, 0.25) is 0 Å². The van der Waals surface area contributed by atoms with Crippen molar-refractivity contribution >= 4 is 22.3 Å². The zero-order chi connectivity index (χ0) is 15.7. The Morgan fingerprint density at radius 3 is 2.68 bits per heavy atom. The van der Waals surface area contributed by atoms with Gasteiger partial charge in [0.05, 0.1) is 6.42 Å². The van der Waals surface area contributed by atoms with E-state index in [1.165, 1.54) is 0 Å². The predicted octanol–water partition coefficient (Wildman–Crippen LogP) is 1.07. The minimum atomic E-state index is -1.00. The van der Waals surface area contributed by atoms with Gasteiger partial charge in [0.25, 0.3) is 5.56 Å². The number of nitrogens with zero attached hydrogens (tertiary/aromatic N) is 4. The largest absolute Gasteiger partial charge is 0.481 e. The lowest BCUT2D eigenvalue weighted by Crippen LogP contribution is -2.22. The summed E-state index contributed by atoms with van der Waals surface area (Å²) >= 11 is 1.05. The molecule has 1 N–H and O–H groups in total. The summed E-state index contributed by atoms with van der Waals surface area (Å²) < 4.78 is 1.12. The summed E-state index contributed by atoms with van der Waals surface area (Å²) in [5.74, 6) is -1.00. The van der Waals surface area contributed by atoms with E-state index in [-0.39, 0.29) is 17.7 Å². The van der Waals surface area contributed by atoms with Gasteiger partial charge in [-0.3, -0.25) is 9.59 Å². The molecule has 0 aliphatic rings. The average molecular weight is 316 g/mol. The van der Waals surface area contributed by atoms with Crippen molar-refractivity contribution in [2.45, 2.75) is 19.8 Å². The van der Waals surface area contributed by atoms with E-state index in [0.29, 0.717) is 16.4 Å². The van der Waals surface area contributed by atoms with Crippen LogP contribution < -0.4 is 5.56 Å². The lowest BCUT2D eigenvalue weighted by molar-refractivity contribution is -0.136. The molecule has 0 aliphatic carbocycles. The van der Waals surface area contributed by atoms with Crippen LogP contribution in [0.1, 0.15) is 21.8 Å². The van der Waals surface area contributed by atoms with Crippen LogP contribution in [0.4, 0.5) is 0 Å². The second kappa shape index (κ2) is 5.64. The van der Waals surface area contributed by atoms with Gasteiger partial charge < -0.3 is 5.11 Å². The molecule has 22 heavy (non-hydrogen) atoms. The molecule has 0 bridgehead atoms. The van der Waals surface area contributed by atoms with Crippen molar-refractivity contribution in [2.24, 2.45) is 0 Å². The highest BCUT2D eigenvalue weighted by Crippen LogP contribution is 2.12. The predicted molar refractivity (Wildman–Crippen MR) is 80.3 cm³/mol. The van der Waals surface area contributed by atoms with E-state index in [4.69, 9.17) is 5.11 Å². The summed E-state index contributed by atoms with van der Waals surface area (Å²) in [6.07, 6.45) is 0.127. The molecule has 3 rings (SSSR count). The SMILES string of the molecule is Cc1ccc(Cc2nnc3sc(CC(=O)O)nn3c2=O)cc1. The highest BCUT2D eigenvalue weighted by atomic mass is 32.1. The van der Waals surface area contributed by atoms with Crippen molar-refractivity contribution < 1.29 is 9.90 Å². The molecule has 2 heterocycles. The van der Waals surface area contributed by atoms with Gasteiger partial charge >= 0.3 is 5.97 Å². The molecule has 1 aromatic carbocycles. The van der Waals surface area contributed by atoms with Crippen molar-refractivity contribution in [3.05, 3.63) is 56.4 Å². The Balaban J connectivity index is 1.97. The number of aromatic nitrogens is 4. The molecular weight excluding hydrogens is 304 g/mol. The van der Waals surface area contributed by atoms with Gasteiger partial charge in [-0.15, -0.1) is 10.2 Å². The second-order valence-corrected chi connectivity index (χ2v) is 5.92. The molecule has 0 aliphatic heterocycles. The molecule has 8 heteroatoms. The van der Waals surface area contributed by atoms with Crippen LogP contribution in [-0.4, -0.2) is 30.9 Å². The fraction of sp³-hybridized carbons (Fsp3) is 0.214. The topological polar surface area (TPSA) is 97.4 Å². The Kier molecular flexibility index (Phi) is 3.68. The second-order valence-electron chi connectivity index (χ2n) is 4.87. The van der Waals surface area contributed by atoms with E-state index in [0.717, 1.165) is 27.0 Å². The van der Waals surface area contributed by atoms with Crippen molar-refractivity contribution in [3.63, 3.8) is 0 Å². The minimum absolute atomic E-state index is 0.235. The van der Waals surface area contributed by atoms with E-state index < -0.39 is 5.97 Å². The lowest BCUT2D eigenvalue weighted by atomic mass is 10.1. The third kappa shape index (κ3) is 2.86. The first-order valence-corrected chi connectivity index (χ1v) is 7.36. The Morgan fingerprint density at radius 2 is 2.00 bits per heavy atom. The minimum Gasteiger partial charge on any atom is -0.481 e. The summed E-state index contributed by atoms with van der Waals surface area (Å²) in [6.45, 7) is 1.99. The van der Waals surface area contributed by atoms with E-state index in [1.807, 2.05) is 31.2 Å². The number of carboxylic acid groups (broad SMARTS) is 1. The van der Waals surface area contributed by atoms with Gasteiger partial charge in [-0.1, -0.05) is 41.2 Å². The van der Waals surface area contributed by atoms with Gasteiger partial charge in [-0.25, -0.2) is 0 Å². The molecule has 0 spiro atoms. The van der Waals surface area contributed by atoms with Crippen LogP contribution in [-0.2, 0) is 17.6 Å². The average Bonchev–Trinajstić information content (AvgIpc) is 2.87. The first-order chi connectivity index (χ1) is 10.5. The molecule has 2 aromatic heterocycles. The van der Waals surface area contributed by atoms with Crippen LogP contribution in [0, 0.1) is 6.92 Å². The van der Waals surface area contributed by atoms with Gasteiger partial charge in [0.1, 0.15) is 10.7 Å². The Bertz CT molecular complexity index is 899. The van der Waals surface area contributed by atoms with Crippen molar-refractivity contribution in [1.82, 2.24) is 19.8 Å². The number of aryl methyl sites for hydroxylation is 1. The molecule has 0 unspecified atom stereocenters. The molecule has 0 saturated heterocycles. The number of benzene rings is 1. The molecule has 0 atom stereocenters. The summed E-state index contributed by atoms with van der Waals surface area (Å²) in [7, 11) is 0. The molecular formula is C14H12N4O3S. The van der Waals surface area contributed by atoms with Crippen molar-refractivity contribution in [3.8, 4) is 0 Å². The first kappa shape index (κ1) is 14.3. The maximum Gasteiger partial charge on any atom is 0.310 e. The van der Waals surface area contributed by atoms with Gasteiger partial charge in [0.2, 0.25) is 4.96 Å². The van der Waals surface area contributed by atoms with Crippen molar-refractivity contribution in [1.29, 1.82) is 0 Å². The molecule has 7 nitrogen and oxygen atoms in total. The Morgan fingerprint density at radius 1 is 1.27 bits per heavy atom. The van der Waals surface area contributed by atoms with E-state index in [2.05, 4.69) is 15.3 Å². The molecule has 0 saturated carbocycles. The molecule has 3 aromatic rings. The van der Waals surface area contributed by atoms with Crippen LogP contribution in [0.5, 0.6) is 0 Å². The summed E-state index contributed by atoms with van der Waals surface area (Å²) in [5, 5.41) is 21.0. The first-order valence-electron chi connectivity index (χ1n) is 6.54. The molecule has 0 amide bonds. The fourth-order valence-electron chi connectivity index (χ4n) is 2.00. The van der Waals surface area contributed by atoms with Crippen LogP contribution in [0.3, 0.4) is 0 Å². The van der Waals surface area contributed by atoms with Crippen LogP contribution in [0.25, 0.3) is 4.96 Å². The maximum absolute atomic E-state index is 12.4. The van der Waals surface area contributed by atoms with Gasteiger partial charge in [0, 0.05) is 6.42 Å². The molecule has 0 radical (unpaired) electrons. The van der Waals surface area contributed by atoms with Gasteiger partial charge in [-0.2, -0.15) is 9.61 Å². The van der Waals surface area contributed by atoms with E-state index in [1.54, 1.807) is 0 Å². The number of carboxylic acids is 1. The van der Waals surface area contributed by atoms with E-state index in [9.17, 15) is 9.59 Å². The van der Waals surface area contributed by atoms with E-state index >= 15 is 0 Å². The zero-order valence-corrected chi connectivity index (χ0v) is 12.5. The smallest absolute Gasteiger partial charge is 0.310 e. The number of hydrogen-bond donors (Lipinski definition) is 1. The normalized spacial score (nSPS) is 11.0. The van der Waals surface area contributed by atoms with Gasteiger partial charge in [-0.05, 0) is 12.5 Å². The molecule has 0 fully saturated rings. The zero-order valence-electron chi connectivity index (χ0n) is 11.7. The van der Waals surface area contributed by atoms with Gasteiger partial charge in [0.15, 0.2) is 0 Å². The van der Waals surface area contributed by atoms with Crippen LogP contribution >= 0.6 is 11.3 Å². The number of rotatable bonds is 4. The third-order valence-corrected chi connectivity index (χ3v) is 3.99. The lowest BCUT2D eigenvalue weighted by Gasteiger charge is -2.00. The standard InChI is InChI=1S/C14H12N4O3S/c1-8-2-4-9(5-3-8)6-10-13(21)18-14(16-15-10)22-11(17-18)7-12(19)20/h2-5H,6-7H2,1H3,(H,19,20). The number of hydrogen-bond acceptors (Lipinski definition) is 6. The number of fused-ring (bicyclic) bond motifs is 1. The summed E-state index contributed by atoms with van der Waals surface area (Å²) in [6, 6.07) is 7.80. The summed E-state index contributed by atoms with van der Waals surface area (Å²) in [4.78, 5) is 23.4. The highest BCUT2D eigenvalue weighted by molar-refractivity contribution is 7.16. The fourth-order valence-corrected chi connectivity index (χ4v) is 2.82. The summed E-state index contributed by atoms with van der Waals surface area (Å²) in [5.41, 5.74) is 2.02. The Hall–Kier alpha value is -2.61. The highest BCUT2D eigenvalue weighted by Gasteiger charge is 2.14. The number of carbonyl (C=O) groups is 1. The van der Waals surface area contributed by atoms with Crippen LogP contribution in [0.15, 0.2) is 29.1 Å². The third-order valence-electron chi connectivity index (χ3n) is 3.09. The number of aliphatic carboxylic acids is 1. The maximum atomic E-state index is 12.4. The van der Waals surface area contributed by atoms with Crippen molar-refractivity contribution in [2.75, 3.05) is 0 Å². The Labute approximate surface area is 128 Å².